The fourth-order valence-corrected chi connectivity index (χ4v) is 3.41. The van der Waals surface area contributed by atoms with Crippen LogP contribution in [0.15, 0.2) is 78.9 Å². The van der Waals surface area contributed by atoms with Gasteiger partial charge < -0.3 is 14.7 Å². The van der Waals surface area contributed by atoms with Gasteiger partial charge in [-0.1, -0.05) is 18.2 Å². The topological polar surface area (TPSA) is 9.72 Å². The number of para-hydroxylation sites is 1. The minimum Gasteiger partial charge on any atom is -0.335 e. The van der Waals surface area contributed by atoms with Gasteiger partial charge in [-0.15, -0.1) is 0 Å². The molecule has 6 heteroatoms. The van der Waals surface area contributed by atoms with Crippen molar-refractivity contribution < 1.29 is 8.78 Å². The van der Waals surface area contributed by atoms with Crippen molar-refractivity contribution in [2.75, 3.05) is 28.0 Å². The van der Waals surface area contributed by atoms with E-state index in [0.717, 1.165) is 17.1 Å². The Morgan fingerprint density at radius 2 is 1.04 bits per heavy atom. The van der Waals surface area contributed by atoms with Crippen LogP contribution in [0.3, 0.4) is 0 Å². The summed E-state index contributed by atoms with van der Waals surface area (Å²) in [6.45, 7) is 1.02. The van der Waals surface area contributed by atoms with Crippen LogP contribution in [0.1, 0.15) is 0 Å². The number of rotatable bonds is 3. The number of nitrogens with zero attached hydrogens (tertiary/aromatic N) is 3. The largest absolute Gasteiger partial charge is 0.335 e. The predicted molar refractivity (Wildman–Crippen MR) is 109 cm³/mol. The quantitative estimate of drug-likeness (QED) is 0.591. The normalized spacial score (nSPS) is 14.6. The van der Waals surface area contributed by atoms with Crippen molar-refractivity contribution in [3.05, 3.63) is 90.5 Å². The zero-order valence-corrected chi connectivity index (χ0v) is 15.2. The van der Waals surface area contributed by atoms with Gasteiger partial charge in [-0.3, -0.25) is 0 Å². The van der Waals surface area contributed by atoms with Crippen LogP contribution in [-0.4, -0.2) is 18.4 Å². The second-order valence-corrected chi connectivity index (χ2v) is 6.61. The third kappa shape index (κ3) is 3.61. The molecule has 1 aliphatic rings. The molecule has 1 heterocycles. The maximum Gasteiger partial charge on any atom is 0.183 e. The SMILES string of the molecule is Fc1ccc(N2CN(c3ccccc3)C(=S)N(c3ccc(F)cc3)C2)cc1. The number of halogens is 2. The van der Waals surface area contributed by atoms with E-state index in [9.17, 15) is 8.78 Å². The molecule has 136 valence electrons. The van der Waals surface area contributed by atoms with Crippen LogP contribution in [0, 0.1) is 11.6 Å². The maximum atomic E-state index is 13.4. The summed E-state index contributed by atoms with van der Waals surface area (Å²) in [5.41, 5.74) is 2.64. The highest BCUT2D eigenvalue weighted by Crippen LogP contribution is 2.28. The first-order chi connectivity index (χ1) is 13.1. The molecule has 0 atom stereocenters. The Balaban J connectivity index is 1.72. The van der Waals surface area contributed by atoms with Gasteiger partial charge in [-0.25, -0.2) is 8.78 Å². The molecule has 3 aromatic rings. The molecule has 3 nitrogen and oxygen atoms in total. The molecule has 1 aliphatic heterocycles. The Hall–Kier alpha value is -2.99. The minimum atomic E-state index is -0.294. The van der Waals surface area contributed by atoms with Crippen LogP contribution in [-0.2, 0) is 0 Å². The van der Waals surface area contributed by atoms with Crippen molar-refractivity contribution in [2.45, 2.75) is 0 Å². The molecule has 3 aromatic carbocycles. The summed E-state index contributed by atoms with van der Waals surface area (Å²) in [4.78, 5) is 6.03. The van der Waals surface area contributed by atoms with E-state index >= 15 is 0 Å². The average Bonchev–Trinajstić information content (AvgIpc) is 2.70. The third-order valence-electron chi connectivity index (χ3n) is 4.48. The number of benzene rings is 3. The third-order valence-corrected chi connectivity index (χ3v) is 4.92. The highest BCUT2D eigenvalue weighted by atomic mass is 32.1. The predicted octanol–water partition coefficient (Wildman–Crippen LogP) is 5.00. The fourth-order valence-electron chi connectivity index (χ4n) is 3.08. The van der Waals surface area contributed by atoms with Crippen molar-refractivity contribution in [3.63, 3.8) is 0 Å². The Morgan fingerprint density at radius 1 is 0.593 bits per heavy atom. The van der Waals surface area contributed by atoms with Crippen molar-refractivity contribution in [3.8, 4) is 0 Å². The zero-order valence-electron chi connectivity index (χ0n) is 14.4. The van der Waals surface area contributed by atoms with Crippen LogP contribution in [0.5, 0.6) is 0 Å². The Kier molecular flexibility index (Phi) is 4.73. The van der Waals surface area contributed by atoms with Crippen LogP contribution in [0.4, 0.5) is 25.8 Å². The molecule has 0 amide bonds. The van der Waals surface area contributed by atoms with Crippen LogP contribution in [0.2, 0.25) is 0 Å². The van der Waals surface area contributed by atoms with E-state index in [1.165, 1.54) is 24.3 Å². The molecular formula is C21H17F2N3S. The monoisotopic (exact) mass is 381 g/mol. The second kappa shape index (κ2) is 7.32. The van der Waals surface area contributed by atoms with Crippen molar-refractivity contribution in [2.24, 2.45) is 0 Å². The summed E-state index contributed by atoms with van der Waals surface area (Å²) in [5, 5.41) is 0.631. The van der Waals surface area contributed by atoms with Crippen LogP contribution >= 0.6 is 12.2 Å². The molecule has 0 N–H and O–H groups in total. The van der Waals surface area contributed by atoms with E-state index in [1.54, 1.807) is 24.3 Å². The molecule has 1 fully saturated rings. The van der Waals surface area contributed by atoms with Gasteiger partial charge in [0, 0.05) is 17.1 Å². The molecule has 0 aromatic heterocycles. The van der Waals surface area contributed by atoms with E-state index in [-0.39, 0.29) is 11.6 Å². The molecule has 0 unspecified atom stereocenters. The lowest BCUT2D eigenvalue weighted by Gasteiger charge is -2.45. The zero-order chi connectivity index (χ0) is 18.8. The molecular weight excluding hydrogens is 364 g/mol. The van der Waals surface area contributed by atoms with E-state index < -0.39 is 0 Å². The Morgan fingerprint density at radius 3 is 1.56 bits per heavy atom. The van der Waals surface area contributed by atoms with Crippen LogP contribution < -0.4 is 14.7 Å². The van der Waals surface area contributed by atoms with Gasteiger partial charge in [0.1, 0.15) is 11.6 Å². The van der Waals surface area contributed by atoms with Gasteiger partial charge in [0.2, 0.25) is 0 Å². The molecule has 0 spiro atoms. The first kappa shape index (κ1) is 17.4. The van der Waals surface area contributed by atoms with Gasteiger partial charge in [-0.05, 0) is 72.9 Å². The smallest absolute Gasteiger partial charge is 0.183 e. The molecule has 0 aliphatic carbocycles. The average molecular weight is 381 g/mol. The number of anilines is 3. The van der Waals surface area contributed by atoms with E-state index in [2.05, 4.69) is 4.90 Å². The highest BCUT2D eigenvalue weighted by Gasteiger charge is 2.29. The van der Waals surface area contributed by atoms with Gasteiger partial charge >= 0.3 is 0 Å². The van der Waals surface area contributed by atoms with Crippen molar-refractivity contribution in [1.29, 1.82) is 0 Å². The molecule has 4 rings (SSSR count). The van der Waals surface area contributed by atoms with E-state index in [4.69, 9.17) is 12.2 Å². The molecule has 0 radical (unpaired) electrons. The Bertz CT molecular complexity index is 930. The van der Waals surface area contributed by atoms with Crippen LogP contribution in [0.25, 0.3) is 0 Å². The molecule has 0 saturated carbocycles. The summed E-state index contributed by atoms with van der Waals surface area (Å²) in [7, 11) is 0. The molecule has 27 heavy (non-hydrogen) atoms. The molecule has 1 saturated heterocycles. The lowest BCUT2D eigenvalue weighted by molar-refractivity contribution is 0.627. The van der Waals surface area contributed by atoms with Crippen molar-refractivity contribution >= 4 is 34.4 Å². The summed E-state index contributed by atoms with van der Waals surface area (Å²) in [6.07, 6.45) is 0. The standard InChI is InChI=1S/C21H17F2N3S/c22-16-6-10-18(11-7-16)24-14-25(19-4-2-1-3-5-19)21(27)26(15-24)20-12-8-17(23)9-13-20/h1-13H,14-15H2. The fraction of sp³-hybridized carbons (Fsp3) is 0.0952. The summed E-state index contributed by atoms with van der Waals surface area (Å²) in [5.74, 6) is -0.571. The number of hydrogen-bond acceptors (Lipinski definition) is 2. The first-order valence-corrected chi connectivity index (χ1v) is 8.93. The van der Waals surface area contributed by atoms with Gasteiger partial charge in [0.25, 0.3) is 0 Å². The minimum absolute atomic E-state index is 0.276. The summed E-state index contributed by atoms with van der Waals surface area (Å²) < 4.78 is 26.7. The summed E-state index contributed by atoms with van der Waals surface area (Å²) in [6, 6.07) is 22.5. The lowest BCUT2D eigenvalue weighted by Crippen LogP contribution is -2.58. The van der Waals surface area contributed by atoms with E-state index in [0.29, 0.717) is 18.4 Å². The first-order valence-electron chi connectivity index (χ1n) is 8.52. The molecule has 0 bridgehead atoms. The second-order valence-electron chi connectivity index (χ2n) is 6.25. The van der Waals surface area contributed by atoms with Crippen molar-refractivity contribution in [1.82, 2.24) is 0 Å². The van der Waals surface area contributed by atoms with E-state index in [1.807, 2.05) is 40.1 Å². The Labute approximate surface area is 162 Å². The lowest BCUT2D eigenvalue weighted by atomic mass is 10.2. The number of thiocarbonyl (C=S) groups is 1. The highest BCUT2D eigenvalue weighted by molar-refractivity contribution is 7.80. The van der Waals surface area contributed by atoms with Gasteiger partial charge in [-0.2, -0.15) is 0 Å². The maximum absolute atomic E-state index is 13.4. The van der Waals surface area contributed by atoms with Gasteiger partial charge in [0.05, 0.1) is 13.3 Å². The summed E-state index contributed by atoms with van der Waals surface area (Å²) >= 11 is 5.74. The number of hydrogen-bond donors (Lipinski definition) is 0. The van der Waals surface area contributed by atoms with Gasteiger partial charge in [0.15, 0.2) is 5.11 Å².